The van der Waals surface area contributed by atoms with Gasteiger partial charge in [0, 0.05) is 24.2 Å². The molecule has 0 aromatic carbocycles. The summed E-state index contributed by atoms with van der Waals surface area (Å²) in [6, 6.07) is 4.22. The molecular weight excluding hydrogens is 174 g/mol. The van der Waals surface area contributed by atoms with Gasteiger partial charge in [-0.2, -0.15) is 10.5 Å². The highest BCUT2D eigenvalue weighted by atomic mass is 15.1. The fourth-order valence-electron chi connectivity index (χ4n) is 1.02. The molecule has 3 nitrogen and oxygen atoms in total. The monoisotopic (exact) mass is 189 g/mol. The molecule has 0 rings (SSSR count). The van der Waals surface area contributed by atoms with Crippen LogP contribution in [-0.4, -0.2) is 25.0 Å². The fraction of sp³-hybridized carbons (Fsp3) is 0.455. The lowest BCUT2D eigenvalue weighted by atomic mass is 10.2. The molecular formula is C11H15N3. The molecule has 74 valence electrons. The van der Waals surface area contributed by atoms with Crippen LogP contribution in [0.2, 0.25) is 0 Å². The summed E-state index contributed by atoms with van der Waals surface area (Å²) in [4.78, 5) is 1.94. The zero-order valence-electron chi connectivity index (χ0n) is 8.91. The molecule has 0 bridgehead atoms. The largest absolute Gasteiger partial charge is 0.296 e. The normalized spacial score (nSPS) is 12.4. The summed E-state index contributed by atoms with van der Waals surface area (Å²) in [5.74, 6) is 0. The van der Waals surface area contributed by atoms with Crippen molar-refractivity contribution in [3.8, 4) is 12.1 Å². The summed E-state index contributed by atoms with van der Waals surface area (Å²) < 4.78 is 0. The van der Waals surface area contributed by atoms with Crippen LogP contribution in [0.1, 0.15) is 13.8 Å². The van der Waals surface area contributed by atoms with Crippen LogP contribution < -0.4 is 0 Å². The lowest BCUT2D eigenvalue weighted by Crippen LogP contribution is -2.23. The van der Waals surface area contributed by atoms with Crippen molar-refractivity contribution in [1.82, 2.24) is 4.90 Å². The van der Waals surface area contributed by atoms with Gasteiger partial charge in [0.1, 0.15) is 0 Å². The number of hydrogen-bond acceptors (Lipinski definition) is 3. The maximum atomic E-state index is 8.70. The van der Waals surface area contributed by atoms with Crippen molar-refractivity contribution >= 4 is 0 Å². The summed E-state index contributed by atoms with van der Waals surface area (Å²) in [5, 5.41) is 17.4. The molecule has 0 atom stereocenters. The molecule has 0 heterocycles. The average Bonchev–Trinajstić information content (AvgIpc) is 2.22. The summed E-state index contributed by atoms with van der Waals surface area (Å²) >= 11 is 0. The third kappa shape index (κ3) is 4.45. The van der Waals surface area contributed by atoms with Crippen molar-refractivity contribution < 1.29 is 0 Å². The van der Waals surface area contributed by atoms with Crippen molar-refractivity contribution in [1.29, 1.82) is 10.5 Å². The molecule has 0 unspecified atom stereocenters. The van der Waals surface area contributed by atoms with Crippen LogP contribution in [0.5, 0.6) is 0 Å². The predicted octanol–water partition coefficient (Wildman–Crippen LogP) is 1.86. The first-order chi connectivity index (χ1) is 6.67. The van der Waals surface area contributed by atoms with E-state index in [-0.39, 0.29) is 0 Å². The van der Waals surface area contributed by atoms with Crippen molar-refractivity contribution in [3.63, 3.8) is 0 Å². The molecule has 0 saturated carbocycles. The van der Waals surface area contributed by atoms with Gasteiger partial charge < -0.3 is 0 Å². The third-order valence-electron chi connectivity index (χ3n) is 1.86. The van der Waals surface area contributed by atoms with E-state index in [1.165, 1.54) is 0 Å². The van der Waals surface area contributed by atoms with Gasteiger partial charge in [-0.15, -0.1) is 0 Å². The third-order valence-corrected chi connectivity index (χ3v) is 1.86. The van der Waals surface area contributed by atoms with Crippen LogP contribution in [0.3, 0.4) is 0 Å². The Morgan fingerprint density at radius 1 is 1.07 bits per heavy atom. The molecule has 0 aliphatic heterocycles. The molecule has 0 amide bonds. The van der Waals surface area contributed by atoms with Gasteiger partial charge >= 0.3 is 0 Å². The number of rotatable bonds is 4. The van der Waals surface area contributed by atoms with Gasteiger partial charge in [0.15, 0.2) is 0 Å². The number of likely N-dealkylation sites (N-methyl/N-ethyl adjacent to an activating group) is 1. The van der Waals surface area contributed by atoms with E-state index in [2.05, 4.69) is 12.1 Å². The Bertz CT molecular complexity index is 280. The van der Waals surface area contributed by atoms with Gasteiger partial charge in [0.05, 0.1) is 12.1 Å². The van der Waals surface area contributed by atoms with Crippen LogP contribution in [0.15, 0.2) is 23.3 Å². The maximum absolute atomic E-state index is 8.70. The molecule has 0 fully saturated rings. The van der Waals surface area contributed by atoms with E-state index in [4.69, 9.17) is 10.5 Å². The van der Waals surface area contributed by atoms with E-state index in [1.807, 2.05) is 25.8 Å². The zero-order valence-corrected chi connectivity index (χ0v) is 8.91. The molecule has 0 spiro atoms. The van der Waals surface area contributed by atoms with Gasteiger partial charge in [0.2, 0.25) is 0 Å². The predicted molar refractivity (Wildman–Crippen MR) is 56.2 cm³/mol. The van der Waals surface area contributed by atoms with Crippen LogP contribution >= 0.6 is 0 Å². The second-order valence-electron chi connectivity index (χ2n) is 3.02. The van der Waals surface area contributed by atoms with Crippen molar-refractivity contribution in [2.45, 2.75) is 13.8 Å². The summed E-state index contributed by atoms with van der Waals surface area (Å²) in [7, 11) is 1.89. The van der Waals surface area contributed by atoms with Crippen LogP contribution in [0, 0.1) is 22.7 Å². The van der Waals surface area contributed by atoms with Crippen molar-refractivity contribution in [2.24, 2.45) is 0 Å². The van der Waals surface area contributed by atoms with Crippen LogP contribution in [0.4, 0.5) is 0 Å². The molecule has 0 saturated heterocycles. The van der Waals surface area contributed by atoms with Crippen molar-refractivity contribution in [2.75, 3.05) is 20.1 Å². The number of allylic oxidation sites excluding steroid dienone is 2. The first-order valence-electron chi connectivity index (χ1n) is 4.47. The second kappa shape index (κ2) is 6.88. The fourth-order valence-corrected chi connectivity index (χ4v) is 1.02. The molecule has 0 N–H and O–H groups in total. The SMILES string of the molecule is C/C=C(\C#N)CN(C)C/C(C#N)=C/C. The standard InChI is InChI=1S/C11H15N3/c1-4-10(6-12)8-14(3)9-11(5-2)7-13/h4-5H,8-9H2,1-3H3/b10-4+,11-5+. The molecule has 0 aromatic rings. The summed E-state index contributed by atoms with van der Waals surface area (Å²) in [6.07, 6.45) is 3.58. The zero-order chi connectivity index (χ0) is 11.0. The minimum Gasteiger partial charge on any atom is -0.296 e. The highest BCUT2D eigenvalue weighted by molar-refractivity contribution is 5.24. The highest BCUT2D eigenvalue weighted by Crippen LogP contribution is 2.00. The lowest BCUT2D eigenvalue weighted by molar-refractivity contribution is 0.400. The number of nitriles is 2. The number of hydrogen-bond donors (Lipinski definition) is 0. The molecule has 3 heteroatoms. The topological polar surface area (TPSA) is 50.8 Å². The molecule has 0 radical (unpaired) electrons. The Kier molecular flexibility index (Phi) is 6.11. The smallest absolute Gasteiger partial charge is 0.0957 e. The Morgan fingerprint density at radius 2 is 1.43 bits per heavy atom. The van der Waals surface area contributed by atoms with Gasteiger partial charge in [-0.1, -0.05) is 12.2 Å². The highest BCUT2D eigenvalue weighted by Gasteiger charge is 2.03. The van der Waals surface area contributed by atoms with Gasteiger partial charge in [-0.3, -0.25) is 4.90 Å². The first-order valence-corrected chi connectivity index (χ1v) is 4.47. The van der Waals surface area contributed by atoms with Gasteiger partial charge in [-0.25, -0.2) is 0 Å². The Labute approximate surface area is 85.6 Å². The Morgan fingerprint density at radius 3 is 1.64 bits per heavy atom. The van der Waals surface area contributed by atoms with E-state index in [0.29, 0.717) is 13.1 Å². The molecule has 0 aliphatic rings. The first kappa shape index (κ1) is 12.4. The average molecular weight is 189 g/mol. The minimum atomic E-state index is 0.589. The Hall–Kier alpha value is -1.58. The van der Waals surface area contributed by atoms with Crippen molar-refractivity contribution in [3.05, 3.63) is 23.3 Å². The van der Waals surface area contributed by atoms with E-state index in [0.717, 1.165) is 11.1 Å². The van der Waals surface area contributed by atoms with E-state index in [1.54, 1.807) is 12.2 Å². The minimum absolute atomic E-state index is 0.589. The summed E-state index contributed by atoms with van der Waals surface area (Å²) in [6.45, 7) is 4.86. The van der Waals surface area contributed by atoms with E-state index < -0.39 is 0 Å². The van der Waals surface area contributed by atoms with Gasteiger partial charge in [0.25, 0.3) is 0 Å². The molecule has 0 aromatic heterocycles. The van der Waals surface area contributed by atoms with Gasteiger partial charge in [-0.05, 0) is 20.9 Å². The van der Waals surface area contributed by atoms with E-state index >= 15 is 0 Å². The molecule has 0 aliphatic carbocycles. The number of nitrogens with zero attached hydrogens (tertiary/aromatic N) is 3. The quantitative estimate of drug-likeness (QED) is 0.634. The maximum Gasteiger partial charge on any atom is 0.0957 e. The Balaban J connectivity index is 4.20. The van der Waals surface area contributed by atoms with Crippen LogP contribution in [-0.2, 0) is 0 Å². The van der Waals surface area contributed by atoms with E-state index in [9.17, 15) is 0 Å². The molecule has 14 heavy (non-hydrogen) atoms. The summed E-state index contributed by atoms with van der Waals surface area (Å²) in [5.41, 5.74) is 1.45. The lowest BCUT2D eigenvalue weighted by Gasteiger charge is -2.14. The second-order valence-corrected chi connectivity index (χ2v) is 3.02. The van der Waals surface area contributed by atoms with Crippen LogP contribution in [0.25, 0.3) is 0 Å².